The lowest BCUT2D eigenvalue weighted by atomic mass is 10.1. The summed E-state index contributed by atoms with van der Waals surface area (Å²) in [5.41, 5.74) is 5.28. The molecule has 124 valence electrons. The minimum absolute atomic E-state index is 0.727. The Labute approximate surface area is 154 Å². The molecule has 0 radical (unpaired) electrons. The third kappa shape index (κ3) is 3.28. The smallest absolute Gasteiger partial charge is 0.172 e. The fourth-order valence-electron chi connectivity index (χ4n) is 2.72. The van der Waals surface area contributed by atoms with Gasteiger partial charge in [0, 0.05) is 18.2 Å². The first-order valence-electron chi connectivity index (χ1n) is 8.10. The summed E-state index contributed by atoms with van der Waals surface area (Å²) in [4.78, 5) is 4.75. The van der Waals surface area contributed by atoms with Crippen molar-refractivity contribution in [2.75, 3.05) is 5.32 Å². The number of rotatable bonds is 4. The number of nitrogens with zero attached hydrogens (tertiary/aromatic N) is 3. The Bertz CT molecular complexity index is 1010. The summed E-state index contributed by atoms with van der Waals surface area (Å²) >= 11 is 3.54. The van der Waals surface area contributed by atoms with Crippen molar-refractivity contribution in [3.05, 3.63) is 82.5 Å². The maximum absolute atomic E-state index is 4.75. The number of benzene rings is 2. The van der Waals surface area contributed by atoms with Gasteiger partial charge in [0.25, 0.3) is 0 Å². The van der Waals surface area contributed by atoms with Crippen molar-refractivity contribution in [3.8, 4) is 11.3 Å². The molecule has 0 unspecified atom stereocenters. The maximum atomic E-state index is 4.75. The van der Waals surface area contributed by atoms with Gasteiger partial charge in [0.05, 0.1) is 16.4 Å². The summed E-state index contributed by atoms with van der Waals surface area (Å²) in [5, 5.41) is 7.91. The Balaban J connectivity index is 1.72. The molecule has 0 bridgehead atoms. The van der Waals surface area contributed by atoms with Crippen LogP contribution in [0.15, 0.2) is 71.3 Å². The fraction of sp³-hybridized carbons (Fsp3) is 0.100. The summed E-state index contributed by atoms with van der Waals surface area (Å²) in [6.07, 6.45) is 1.77. The molecular formula is C20H17BrN4. The van der Waals surface area contributed by atoms with E-state index in [-0.39, 0.29) is 0 Å². The van der Waals surface area contributed by atoms with Gasteiger partial charge in [0.2, 0.25) is 0 Å². The predicted molar refractivity (Wildman–Crippen MR) is 105 cm³/mol. The molecule has 0 fully saturated rings. The molecule has 2 aromatic carbocycles. The lowest BCUT2D eigenvalue weighted by molar-refractivity contribution is 0.926. The Morgan fingerprint density at radius 2 is 1.80 bits per heavy atom. The normalized spacial score (nSPS) is 11.0. The largest absolute Gasteiger partial charge is 0.366 e. The van der Waals surface area contributed by atoms with E-state index >= 15 is 0 Å². The minimum atomic E-state index is 0.727. The molecule has 0 amide bonds. The second kappa shape index (κ2) is 6.69. The van der Waals surface area contributed by atoms with Crippen LogP contribution in [0.2, 0.25) is 0 Å². The highest BCUT2D eigenvalue weighted by Crippen LogP contribution is 2.26. The third-order valence-electron chi connectivity index (χ3n) is 4.09. The monoisotopic (exact) mass is 392 g/mol. The van der Waals surface area contributed by atoms with Crippen LogP contribution < -0.4 is 5.32 Å². The van der Waals surface area contributed by atoms with Crippen LogP contribution in [0.5, 0.6) is 0 Å². The third-order valence-corrected chi connectivity index (χ3v) is 4.65. The summed E-state index contributed by atoms with van der Waals surface area (Å²) in [6, 6.07) is 20.7. The van der Waals surface area contributed by atoms with Crippen molar-refractivity contribution in [2.45, 2.75) is 13.5 Å². The lowest BCUT2D eigenvalue weighted by Crippen LogP contribution is -2.06. The topological polar surface area (TPSA) is 42.2 Å². The van der Waals surface area contributed by atoms with E-state index in [2.05, 4.69) is 69.7 Å². The number of hydrogen-bond acceptors (Lipinski definition) is 3. The minimum Gasteiger partial charge on any atom is -0.366 e. The Kier molecular flexibility index (Phi) is 4.24. The molecule has 4 aromatic rings. The summed E-state index contributed by atoms with van der Waals surface area (Å²) in [5.74, 6) is 0.912. The van der Waals surface area contributed by atoms with Crippen molar-refractivity contribution < 1.29 is 0 Å². The second-order valence-electron chi connectivity index (χ2n) is 5.96. The van der Waals surface area contributed by atoms with E-state index in [4.69, 9.17) is 4.98 Å². The van der Waals surface area contributed by atoms with Gasteiger partial charge in [-0.25, -0.2) is 4.98 Å². The Morgan fingerprint density at radius 3 is 2.56 bits per heavy atom. The number of aryl methyl sites for hydroxylation is 1. The molecule has 1 N–H and O–H groups in total. The van der Waals surface area contributed by atoms with Gasteiger partial charge in [0.15, 0.2) is 5.65 Å². The van der Waals surface area contributed by atoms with Crippen molar-refractivity contribution in [1.82, 2.24) is 14.6 Å². The van der Waals surface area contributed by atoms with Gasteiger partial charge in [0.1, 0.15) is 5.82 Å². The van der Waals surface area contributed by atoms with E-state index in [9.17, 15) is 0 Å². The molecule has 4 rings (SSSR count). The highest BCUT2D eigenvalue weighted by molar-refractivity contribution is 9.10. The number of hydrogen-bond donors (Lipinski definition) is 1. The summed E-state index contributed by atoms with van der Waals surface area (Å²) in [6.45, 7) is 2.82. The van der Waals surface area contributed by atoms with Crippen LogP contribution in [0.4, 0.5) is 5.82 Å². The molecule has 0 saturated heterocycles. The van der Waals surface area contributed by atoms with E-state index in [1.165, 1.54) is 11.1 Å². The second-order valence-corrected chi connectivity index (χ2v) is 6.81. The molecule has 5 heteroatoms. The summed E-state index contributed by atoms with van der Waals surface area (Å²) in [7, 11) is 0. The van der Waals surface area contributed by atoms with Crippen LogP contribution >= 0.6 is 15.9 Å². The Hall–Kier alpha value is -2.66. The van der Waals surface area contributed by atoms with Gasteiger partial charge >= 0.3 is 0 Å². The zero-order valence-electron chi connectivity index (χ0n) is 13.8. The van der Waals surface area contributed by atoms with Crippen LogP contribution in [0.25, 0.3) is 16.9 Å². The van der Waals surface area contributed by atoms with Crippen LogP contribution in [-0.4, -0.2) is 14.6 Å². The van der Waals surface area contributed by atoms with Gasteiger partial charge < -0.3 is 5.32 Å². The van der Waals surface area contributed by atoms with Gasteiger partial charge in [-0.3, -0.25) is 0 Å². The maximum Gasteiger partial charge on any atom is 0.172 e. The lowest BCUT2D eigenvalue weighted by Gasteiger charge is -2.11. The SMILES string of the molecule is Cc1ccc(CNc2cc(-c3ccccc3)nc3c(Br)cnn23)cc1. The van der Waals surface area contributed by atoms with Crippen molar-refractivity contribution in [3.63, 3.8) is 0 Å². The molecular weight excluding hydrogens is 376 g/mol. The number of fused-ring (bicyclic) bond motifs is 1. The van der Waals surface area contributed by atoms with E-state index in [1.54, 1.807) is 6.20 Å². The number of aromatic nitrogens is 3. The van der Waals surface area contributed by atoms with Gasteiger partial charge in [-0.05, 0) is 28.4 Å². The van der Waals surface area contributed by atoms with E-state index < -0.39 is 0 Å². The highest BCUT2D eigenvalue weighted by atomic mass is 79.9. The zero-order chi connectivity index (χ0) is 17.2. The first-order valence-corrected chi connectivity index (χ1v) is 8.89. The van der Waals surface area contributed by atoms with Crippen LogP contribution in [0, 0.1) is 6.92 Å². The molecule has 2 aromatic heterocycles. The van der Waals surface area contributed by atoms with E-state index in [0.29, 0.717) is 0 Å². The molecule has 2 heterocycles. The fourth-order valence-corrected chi connectivity index (χ4v) is 3.07. The number of halogens is 1. The van der Waals surface area contributed by atoms with Gasteiger partial charge in [-0.1, -0.05) is 60.2 Å². The van der Waals surface area contributed by atoms with E-state index in [0.717, 1.165) is 33.7 Å². The highest BCUT2D eigenvalue weighted by Gasteiger charge is 2.11. The molecule has 0 aliphatic rings. The standard InChI is InChI=1S/C20H17BrN4/c1-14-7-9-15(10-8-14)12-22-19-11-18(16-5-3-2-4-6-16)24-20-17(21)13-23-25(19)20/h2-11,13,22H,12H2,1H3. The predicted octanol–water partition coefficient (Wildman–Crippen LogP) is 5.08. The van der Waals surface area contributed by atoms with E-state index in [1.807, 2.05) is 28.8 Å². The van der Waals surface area contributed by atoms with Crippen molar-refractivity contribution in [1.29, 1.82) is 0 Å². The number of anilines is 1. The summed E-state index contributed by atoms with van der Waals surface area (Å²) < 4.78 is 2.70. The van der Waals surface area contributed by atoms with Crippen molar-refractivity contribution in [2.24, 2.45) is 0 Å². The molecule has 0 saturated carbocycles. The molecule has 0 spiro atoms. The van der Waals surface area contributed by atoms with Crippen molar-refractivity contribution >= 4 is 27.4 Å². The molecule has 4 nitrogen and oxygen atoms in total. The zero-order valence-corrected chi connectivity index (χ0v) is 15.4. The molecule has 0 aliphatic carbocycles. The van der Waals surface area contributed by atoms with Crippen LogP contribution in [0.3, 0.4) is 0 Å². The quantitative estimate of drug-likeness (QED) is 0.526. The van der Waals surface area contributed by atoms with Crippen LogP contribution in [-0.2, 0) is 6.54 Å². The first kappa shape index (κ1) is 15.8. The average Bonchev–Trinajstić information content (AvgIpc) is 3.03. The van der Waals surface area contributed by atoms with Gasteiger partial charge in [-0.2, -0.15) is 9.61 Å². The molecule has 25 heavy (non-hydrogen) atoms. The average molecular weight is 393 g/mol. The first-order chi connectivity index (χ1) is 12.2. The van der Waals surface area contributed by atoms with Crippen LogP contribution in [0.1, 0.15) is 11.1 Å². The molecule has 0 atom stereocenters. The van der Waals surface area contributed by atoms with Gasteiger partial charge in [-0.15, -0.1) is 0 Å². The number of nitrogens with one attached hydrogen (secondary N) is 1. The molecule has 0 aliphatic heterocycles. The Morgan fingerprint density at radius 1 is 1.04 bits per heavy atom.